The first-order valence-corrected chi connectivity index (χ1v) is 6.74. The molecular formula is C14H18ClF3N2O2. The van der Waals surface area contributed by atoms with Crippen LogP contribution in [0.5, 0.6) is 0 Å². The third kappa shape index (κ3) is 5.15. The number of amides is 1. The quantitative estimate of drug-likeness (QED) is 0.785. The number of rotatable bonds is 4. The summed E-state index contributed by atoms with van der Waals surface area (Å²) in [6.07, 6.45) is -3.40. The molecule has 0 saturated carbocycles. The Kier molecular flexibility index (Phi) is 6.65. The van der Waals surface area contributed by atoms with Crippen molar-refractivity contribution in [1.82, 2.24) is 10.6 Å². The van der Waals surface area contributed by atoms with E-state index >= 15 is 0 Å². The van der Waals surface area contributed by atoms with E-state index in [0.29, 0.717) is 25.8 Å². The predicted octanol–water partition coefficient (Wildman–Crippen LogP) is 1.86. The van der Waals surface area contributed by atoms with Crippen molar-refractivity contribution < 1.29 is 23.1 Å². The Morgan fingerprint density at radius 3 is 2.41 bits per heavy atom. The number of alkyl halides is 3. The monoisotopic (exact) mass is 338 g/mol. The van der Waals surface area contributed by atoms with Gasteiger partial charge in [0.1, 0.15) is 6.23 Å². The van der Waals surface area contributed by atoms with Gasteiger partial charge in [0.2, 0.25) is 5.91 Å². The van der Waals surface area contributed by atoms with Crippen molar-refractivity contribution in [1.29, 1.82) is 0 Å². The summed E-state index contributed by atoms with van der Waals surface area (Å²) in [6.45, 7) is 0.346. The average molecular weight is 339 g/mol. The molecule has 4 nitrogen and oxygen atoms in total. The predicted molar refractivity (Wildman–Crippen MR) is 77.6 cm³/mol. The van der Waals surface area contributed by atoms with Crippen LogP contribution in [0.15, 0.2) is 24.3 Å². The summed E-state index contributed by atoms with van der Waals surface area (Å²) in [5.74, 6) is -0.196. The lowest BCUT2D eigenvalue weighted by Crippen LogP contribution is -2.43. The molecule has 0 bridgehead atoms. The molecule has 8 heteroatoms. The maximum Gasteiger partial charge on any atom is 0.416 e. The smallest absolute Gasteiger partial charge is 0.379 e. The van der Waals surface area contributed by atoms with Crippen molar-refractivity contribution in [3.8, 4) is 0 Å². The van der Waals surface area contributed by atoms with Crippen LogP contribution in [0.4, 0.5) is 13.2 Å². The van der Waals surface area contributed by atoms with Gasteiger partial charge in [-0.2, -0.15) is 13.2 Å². The zero-order valence-electron chi connectivity index (χ0n) is 11.7. The van der Waals surface area contributed by atoms with Crippen molar-refractivity contribution in [2.75, 3.05) is 6.54 Å². The maximum absolute atomic E-state index is 12.4. The van der Waals surface area contributed by atoms with Crippen LogP contribution in [-0.4, -0.2) is 29.8 Å². The molecule has 1 aromatic rings. The first kappa shape index (κ1) is 18.7. The van der Waals surface area contributed by atoms with Gasteiger partial charge >= 0.3 is 6.18 Å². The van der Waals surface area contributed by atoms with Crippen LogP contribution >= 0.6 is 12.4 Å². The van der Waals surface area contributed by atoms with E-state index < -0.39 is 24.0 Å². The van der Waals surface area contributed by atoms with Crippen molar-refractivity contribution in [2.45, 2.75) is 37.7 Å². The van der Waals surface area contributed by atoms with Crippen LogP contribution in [0.1, 0.15) is 24.0 Å². The summed E-state index contributed by atoms with van der Waals surface area (Å²) in [5, 5.41) is 14.7. The van der Waals surface area contributed by atoms with Gasteiger partial charge in [-0.1, -0.05) is 12.1 Å². The van der Waals surface area contributed by atoms with Gasteiger partial charge in [0, 0.05) is 6.54 Å². The lowest BCUT2D eigenvalue weighted by molar-refractivity contribution is -0.137. The molecule has 1 aliphatic heterocycles. The molecule has 1 amide bonds. The maximum atomic E-state index is 12.4. The first-order chi connectivity index (χ1) is 9.86. The molecule has 1 aliphatic rings. The fourth-order valence-corrected chi connectivity index (χ4v) is 2.24. The number of carbonyl (C=O) groups excluding carboxylic acids is 1. The van der Waals surface area contributed by atoms with Gasteiger partial charge < -0.3 is 10.4 Å². The van der Waals surface area contributed by atoms with E-state index in [1.807, 2.05) is 0 Å². The normalized spacial score (nSPS) is 21.3. The molecule has 0 aliphatic carbocycles. The summed E-state index contributed by atoms with van der Waals surface area (Å²) in [6, 6.07) is 4.49. The van der Waals surface area contributed by atoms with Gasteiger partial charge in [-0.05, 0) is 37.0 Å². The Labute approximate surface area is 132 Å². The summed E-state index contributed by atoms with van der Waals surface area (Å²) < 4.78 is 37.2. The van der Waals surface area contributed by atoms with E-state index in [-0.39, 0.29) is 18.3 Å². The zero-order chi connectivity index (χ0) is 15.5. The highest BCUT2D eigenvalue weighted by atomic mass is 35.5. The van der Waals surface area contributed by atoms with Crippen LogP contribution in [-0.2, 0) is 17.4 Å². The number of halogens is 4. The highest BCUT2D eigenvalue weighted by molar-refractivity contribution is 5.85. The second-order valence-electron chi connectivity index (χ2n) is 5.05. The van der Waals surface area contributed by atoms with Crippen LogP contribution < -0.4 is 10.6 Å². The van der Waals surface area contributed by atoms with Crippen LogP contribution in [0.3, 0.4) is 0 Å². The largest absolute Gasteiger partial charge is 0.416 e. The molecule has 0 aromatic heterocycles. The van der Waals surface area contributed by atoms with E-state index in [2.05, 4.69) is 10.6 Å². The van der Waals surface area contributed by atoms with Crippen LogP contribution in [0.2, 0.25) is 0 Å². The lowest BCUT2D eigenvalue weighted by atomic mass is 10.1. The number of aliphatic hydroxyl groups is 1. The molecule has 124 valence electrons. The van der Waals surface area contributed by atoms with Gasteiger partial charge in [-0.15, -0.1) is 12.4 Å². The second-order valence-corrected chi connectivity index (χ2v) is 5.05. The number of hydrogen-bond donors (Lipinski definition) is 3. The Bertz CT molecular complexity index is 494. The fourth-order valence-electron chi connectivity index (χ4n) is 2.24. The summed E-state index contributed by atoms with van der Waals surface area (Å²) in [5.41, 5.74) is 0.0437. The third-order valence-electron chi connectivity index (χ3n) is 3.43. The Morgan fingerprint density at radius 2 is 1.91 bits per heavy atom. The Hall–Kier alpha value is -1.31. The number of carbonyl (C=O) groups is 1. The number of nitrogens with one attached hydrogen (secondary N) is 2. The van der Waals surface area contributed by atoms with Gasteiger partial charge in [-0.25, -0.2) is 0 Å². The molecule has 0 spiro atoms. The molecule has 0 unspecified atom stereocenters. The van der Waals surface area contributed by atoms with Gasteiger partial charge in [0.25, 0.3) is 0 Å². The fraction of sp³-hybridized carbons (Fsp3) is 0.500. The highest BCUT2D eigenvalue weighted by Gasteiger charge is 2.30. The molecule has 0 radical (unpaired) electrons. The topological polar surface area (TPSA) is 61.4 Å². The van der Waals surface area contributed by atoms with Crippen molar-refractivity contribution >= 4 is 18.3 Å². The molecular weight excluding hydrogens is 321 g/mol. The first-order valence-electron chi connectivity index (χ1n) is 6.74. The summed E-state index contributed by atoms with van der Waals surface area (Å²) in [7, 11) is 0. The second kappa shape index (κ2) is 7.80. The highest BCUT2D eigenvalue weighted by Crippen LogP contribution is 2.29. The molecule has 1 saturated heterocycles. The third-order valence-corrected chi connectivity index (χ3v) is 3.43. The standard InChI is InChI=1S/C14H17F3N2O2.ClH/c15-14(16,17)10-3-1-9(2-4-10)7-8-18-13(21)11-5-6-12(20)19-11;/h1-4,11-12,19-20H,5-8H2,(H,18,21);1H/t11-,12-;/m0./s1. The van der Waals surface area contributed by atoms with E-state index in [1.165, 1.54) is 12.1 Å². The van der Waals surface area contributed by atoms with Crippen LogP contribution in [0.25, 0.3) is 0 Å². The SMILES string of the molecule is Cl.O=C(NCCc1ccc(C(F)(F)F)cc1)[C@@H]1CC[C@H](O)N1. The molecule has 1 fully saturated rings. The molecule has 2 rings (SSSR count). The number of aliphatic hydroxyl groups excluding tert-OH is 1. The van der Waals surface area contributed by atoms with E-state index in [0.717, 1.165) is 17.7 Å². The minimum absolute atomic E-state index is 0. The van der Waals surface area contributed by atoms with Crippen molar-refractivity contribution in [3.05, 3.63) is 35.4 Å². The van der Waals surface area contributed by atoms with Gasteiger partial charge in [-0.3, -0.25) is 10.1 Å². The minimum Gasteiger partial charge on any atom is -0.379 e. The number of benzene rings is 1. The molecule has 1 aromatic carbocycles. The van der Waals surface area contributed by atoms with E-state index in [9.17, 15) is 23.1 Å². The molecule has 2 atom stereocenters. The Balaban J connectivity index is 0.00000242. The molecule has 1 heterocycles. The summed E-state index contributed by atoms with van der Waals surface area (Å²) >= 11 is 0. The Morgan fingerprint density at radius 1 is 1.27 bits per heavy atom. The number of hydrogen-bond acceptors (Lipinski definition) is 3. The van der Waals surface area contributed by atoms with Crippen molar-refractivity contribution in [3.63, 3.8) is 0 Å². The van der Waals surface area contributed by atoms with Crippen molar-refractivity contribution in [2.24, 2.45) is 0 Å². The van der Waals surface area contributed by atoms with Gasteiger partial charge in [0.05, 0.1) is 11.6 Å². The van der Waals surface area contributed by atoms with Gasteiger partial charge in [0.15, 0.2) is 0 Å². The van der Waals surface area contributed by atoms with E-state index in [4.69, 9.17) is 0 Å². The lowest BCUT2D eigenvalue weighted by Gasteiger charge is -2.12. The summed E-state index contributed by atoms with van der Waals surface area (Å²) in [4.78, 5) is 11.7. The molecule has 3 N–H and O–H groups in total. The van der Waals surface area contributed by atoms with E-state index in [1.54, 1.807) is 0 Å². The average Bonchev–Trinajstić information content (AvgIpc) is 2.85. The zero-order valence-corrected chi connectivity index (χ0v) is 12.5. The molecule has 22 heavy (non-hydrogen) atoms. The minimum atomic E-state index is -4.33. The van der Waals surface area contributed by atoms with Crippen LogP contribution in [0, 0.1) is 0 Å².